The van der Waals surface area contributed by atoms with E-state index in [2.05, 4.69) is 58.0 Å². The summed E-state index contributed by atoms with van der Waals surface area (Å²) in [5.41, 5.74) is 9.54. The molecule has 146 valence electrons. The van der Waals surface area contributed by atoms with Gasteiger partial charge >= 0.3 is 0 Å². The number of nitrogens with two attached hydrogens (primary N) is 1. The molecular weight excluding hydrogens is 352 g/mol. The molecule has 1 aromatic carbocycles. The van der Waals surface area contributed by atoms with Gasteiger partial charge in [0.05, 0.1) is 17.5 Å². The van der Waals surface area contributed by atoms with Gasteiger partial charge in [-0.2, -0.15) is 0 Å². The van der Waals surface area contributed by atoms with Crippen molar-refractivity contribution in [1.29, 1.82) is 0 Å². The van der Waals surface area contributed by atoms with Crippen LogP contribution in [0.5, 0.6) is 0 Å². The van der Waals surface area contributed by atoms with Crippen LogP contribution in [-0.4, -0.2) is 32.5 Å². The third-order valence-corrected chi connectivity index (χ3v) is 6.12. The summed E-state index contributed by atoms with van der Waals surface area (Å²) in [4.78, 5) is 8.78. The topological polar surface area (TPSA) is 75.2 Å². The summed E-state index contributed by atoms with van der Waals surface area (Å²) in [5.74, 6) is 0.226. The molecule has 2 fully saturated rings. The maximum Gasteiger partial charge on any atom is 0.163 e. The lowest BCUT2D eigenvalue weighted by molar-refractivity contribution is -0.157. The van der Waals surface area contributed by atoms with Crippen molar-refractivity contribution in [2.45, 2.75) is 63.6 Å². The molecule has 1 saturated carbocycles. The van der Waals surface area contributed by atoms with Crippen molar-refractivity contribution in [3.8, 4) is 0 Å². The van der Waals surface area contributed by atoms with Gasteiger partial charge in [-0.1, -0.05) is 37.3 Å². The van der Waals surface area contributed by atoms with Crippen LogP contribution >= 0.6 is 0 Å². The lowest BCUT2D eigenvalue weighted by Crippen LogP contribution is -2.27. The second-order valence-electron chi connectivity index (χ2n) is 8.26. The number of nitrogen functional groups attached to an aromatic ring is 1. The minimum atomic E-state index is -0.592. The van der Waals surface area contributed by atoms with E-state index in [0.717, 1.165) is 23.9 Å². The van der Waals surface area contributed by atoms with E-state index in [4.69, 9.17) is 15.2 Å². The first kappa shape index (κ1) is 17.6. The molecule has 3 aromatic rings. The fourth-order valence-electron chi connectivity index (χ4n) is 4.96. The van der Waals surface area contributed by atoms with Crippen LogP contribution in [0.15, 0.2) is 42.9 Å². The second-order valence-corrected chi connectivity index (χ2v) is 8.26. The molecule has 0 radical (unpaired) electrons. The van der Waals surface area contributed by atoms with Gasteiger partial charge in [0.1, 0.15) is 23.9 Å². The molecule has 4 atom stereocenters. The van der Waals surface area contributed by atoms with E-state index in [1.54, 1.807) is 6.33 Å². The number of benzene rings is 1. The summed E-state index contributed by atoms with van der Waals surface area (Å²) in [5, 5.41) is 0.961. The van der Waals surface area contributed by atoms with Crippen molar-refractivity contribution in [1.82, 2.24) is 14.5 Å². The lowest BCUT2D eigenvalue weighted by Gasteiger charge is -2.24. The van der Waals surface area contributed by atoms with Gasteiger partial charge in [-0.15, -0.1) is 0 Å². The first-order valence-corrected chi connectivity index (χ1v) is 9.99. The van der Waals surface area contributed by atoms with E-state index in [0.29, 0.717) is 5.82 Å². The zero-order valence-corrected chi connectivity index (χ0v) is 16.5. The van der Waals surface area contributed by atoms with Gasteiger partial charge in [-0.3, -0.25) is 0 Å². The largest absolute Gasteiger partial charge is 0.383 e. The van der Waals surface area contributed by atoms with E-state index < -0.39 is 5.79 Å². The minimum Gasteiger partial charge on any atom is -0.383 e. The molecule has 0 amide bonds. The summed E-state index contributed by atoms with van der Waals surface area (Å²) >= 11 is 0. The first-order chi connectivity index (χ1) is 13.5. The van der Waals surface area contributed by atoms with E-state index in [1.165, 1.54) is 11.1 Å². The predicted molar refractivity (Wildman–Crippen MR) is 108 cm³/mol. The molecule has 2 aliphatic rings. The first-order valence-electron chi connectivity index (χ1n) is 9.99. The zero-order valence-electron chi connectivity index (χ0n) is 16.5. The smallest absolute Gasteiger partial charge is 0.163 e. The molecule has 1 aliphatic heterocycles. The Hall–Kier alpha value is -2.44. The monoisotopic (exact) mass is 378 g/mol. The zero-order chi connectivity index (χ0) is 19.5. The molecular formula is C22H26N4O2. The van der Waals surface area contributed by atoms with Crippen molar-refractivity contribution in [3.05, 3.63) is 54.0 Å². The van der Waals surface area contributed by atoms with Crippen molar-refractivity contribution < 1.29 is 9.47 Å². The summed E-state index contributed by atoms with van der Waals surface area (Å²) < 4.78 is 15.0. The van der Waals surface area contributed by atoms with Gasteiger partial charge in [0.15, 0.2) is 5.79 Å². The van der Waals surface area contributed by atoms with Gasteiger partial charge in [0.25, 0.3) is 0 Å². The Bertz CT molecular complexity index is 1010. The van der Waals surface area contributed by atoms with Crippen LogP contribution in [-0.2, 0) is 15.9 Å². The average Bonchev–Trinajstić information content (AvgIpc) is 3.31. The molecule has 6 heteroatoms. The molecule has 1 aliphatic carbocycles. The van der Waals surface area contributed by atoms with Crippen LogP contribution in [0.3, 0.4) is 0 Å². The highest BCUT2D eigenvalue weighted by molar-refractivity contribution is 5.89. The number of ether oxygens (including phenoxy) is 2. The summed E-state index contributed by atoms with van der Waals surface area (Å²) in [7, 11) is 0. The fraction of sp³-hybridized carbons (Fsp3) is 0.455. The fourth-order valence-corrected chi connectivity index (χ4v) is 4.96. The number of fused-ring (bicyclic) bond motifs is 2. The number of hydrogen-bond donors (Lipinski definition) is 1. The number of anilines is 1. The number of nitrogens with zero attached hydrogens (tertiary/aromatic N) is 3. The Morgan fingerprint density at radius 3 is 2.64 bits per heavy atom. The third-order valence-electron chi connectivity index (χ3n) is 6.12. The van der Waals surface area contributed by atoms with E-state index in [1.807, 2.05) is 13.8 Å². The molecule has 5 rings (SSSR count). The number of aryl methyl sites for hydroxylation is 1. The van der Waals surface area contributed by atoms with Crippen molar-refractivity contribution in [3.63, 3.8) is 0 Å². The molecule has 0 bridgehead atoms. The van der Waals surface area contributed by atoms with Crippen LogP contribution in [0.4, 0.5) is 5.82 Å². The van der Waals surface area contributed by atoms with E-state index in [9.17, 15) is 0 Å². The van der Waals surface area contributed by atoms with Gasteiger partial charge in [0.2, 0.25) is 0 Å². The second kappa shape index (κ2) is 6.29. The quantitative estimate of drug-likeness (QED) is 0.750. The van der Waals surface area contributed by atoms with Crippen LogP contribution in [0, 0.1) is 0 Å². The molecule has 0 unspecified atom stereocenters. The van der Waals surface area contributed by atoms with Crippen LogP contribution in [0.1, 0.15) is 50.3 Å². The molecule has 6 nitrogen and oxygen atoms in total. The molecule has 2 aromatic heterocycles. The highest BCUT2D eigenvalue weighted by Crippen LogP contribution is 2.51. The van der Waals surface area contributed by atoms with Crippen LogP contribution < -0.4 is 5.73 Å². The van der Waals surface area contributed by atoms with Crippen molar-refractivity contribution in [2.24, 2.45) is 0 Å². The normalized spacial score (nSPS) is 28.7. The van der Waals surface area contributed by atoms with E-state index in [-0.39, 0.29) is 24.2 Å². The van der Waals surface area contributed by atoms with Crippen molar-refractivity contribution >= 4 is 16.9 Å². The molecule has 2 N–H and O–H groups in total. The Labute approximate surface area is 164 Å². The van der Waals surface area contributed by atoms with Crippen LogP contribution in [0.25, 0.3) is 11.0 Å². The molecule has 3 heterocycles. The Balaban J connectivity index is 1.63. The number of aromatic nitrogens is 3. The number of rotatable bonds is 3. The SMILES string of the molecule is CCc1cn([C@@H]2C[C@H](c3ccccc3)[C@H]3OC(C)(C)O[C@H]32)c2ncnc(N)c12. The van der Waals surface area contributed by atoms with Crippen LogP contribution in [0.2, 0.25) is 0 Å². The highest BCUT2D eigenvalue weighted by atomic mass is 16.8. The summed E-state index contributed by atoms with van der Waals surface area (Å²) in [6.45, 7) is 6.12. The minimum absolute atomic E-state index is 0.0177. The Morgan fingerprint density at radius 1 is 1.14 bits per heavy atom. The van der Waals surface area contributed by atoms with Gasteiger partial charge in [-0.25, -0.2) is 9.97 Å². The summed E-state index contributed by atoms with van der Waals surface area (Å²) in [6, 6.07) is 10.7. The highest BCUT2D eigenvalue weighted by Gasteiger charge is 2.55. The maximum absolute atomic E-state index is 6.40. The predicted octanol–water partition coefficient (Wildman–Crippen LogP) is 3.82. The third kappa shape index (κ3) is 2.63. The molecule has 28 heavy (non-hydrogen) atoms. The standard InChI is InChI=1S/C22H26N4O2/c1-4-13-11-26(21-17(13)20(23)24-12-25-21)16-10-15(14-8-6-5-7-9-14)18-19(16)28-22(2,3)27-18/h5-9,11-12,15-16,18-19H,4,10H2,1-3H3,(H2,23,24,25)/t15-,16-,18-,19+/m1/s1. The molecule has 0 spiro atoms. The van der Waals surface area contributed by atoms with Gasteiger partial charge < -0.3 is 19.8 Å². The Kier molecular flexibility index (Phi) is 3.96. The Morgan fingerprint density at radius 2 is 1.89 bits per heavy atom. The average molecular weight is 378 g/mol. The lowest BCUT2D eigenvalue weighted by atomic mass is 9.95. The van der Waals surface area contributed by atoms with Crippen molar-refractivity contribution in [2.75, 3.05) is 5.73 Å². The van der Waals surface area contributed by atoms with Gasteiger partial charge in [0, 0.05) is 12.1 Å². The maximum atomic E-state index is 6.40. The molecule has 1 saturated heterocycles. The van der Waals surface area contributed by atoms with Gasteiger partial charge in [-0.05, 0) is 37.8 Å². The number of hydrogen-bond acceptors (Lipinski definition) is 5. The summed E-state index contributed by atoms with van der Waals surface area (Å²) in [6.07, 6.45) is 5.53. The van der Waals surface area contributed by atoms with E-state index >= 15 is 0 Å².